The molecule has 0 unspecified atom stereocenters. The van der Waals surface area contributed by atoms with Gasteiger partial charge in [-0.25, -0.2) is 0 Å². The lowest BCUT2D eigenvalue weighted by Gasteiger charge is -2.09. The maximum absolute atomic E-state index is 12.2. The highest BCUT2D eigenvalue weighted by atomic mass is 32.2. The van der Waals surface area contributed by atoms with E-state index in [1.807, 2.05) is 41.8 Å². The van der Waals surface area contributed by atoms with Crippen molar-refractivity contribution in [1.29, 1.82) is 0 Å². The summed E-state index contributed by atoms with van der Waals surface area (Å²) in [5, 5.41) is 22.0. The molecule has 7 heteroatoms. The lowest BCUT2D eigenvalue weighted by Crippen LogP contribution is -2.14. The van der Waals surface area contributed by atoms with Gasteiger partial charge < -0.3 is 15.0 Å². The zero-order valence-corrected chi connectivity index (χ0v) is 16.2. The van der Waals surface area contributed by atoms with Gasteiger partial charge in [-0.1, -0.05) is 43.0 Å². The van der Waals surface area contributed by atoms with E-state index in [1.54, 1.807) is 18.2 Å². The highest BCUT2D eigenvalue weighted by Crippen LogP contribution is 2.30. The Kier molecular flexibility index (Phi) is 6.13. The molecule has 3 aromatic rings. The molecule has 2 aromatic carbocycles. The van der Waals surface area contributed by atoms with Gasteiger partial charge in [0.05, 0.1) is 11.3 Å². The number of rotatable bonds is 7. The normalized spacial score (nSPS) is 10.7. The summed E-state index contributed by atoms with van der Waals surface area (Å²) in [6.45, 7) is 4.71. The van der Waals surface area contributed by atoms with Gasteiger partial charge in [-0.3, -0.25) is 4.79 Å². The first-order valence-electron chi connectivity index (χ1n) is 8.85. The van der Waals surface area contributed by atoms with Crippen LogP contribution in [0.25, 0.3) is 11.4 Å². The number of thioether (sulfide) groups is 1. The Hall–Kier alpha value is -2.80. The molecule has 0 aliphatic rings. The fraction of sp³-hybridized carbons (Fsp3) is 0.250. The van der Waals surface area contributed by atoms with Crippen molar-refractivity contribution in [3.05, 3.63) is 54.1 Å². The van der Waals surface area contributed by atoms with Gasteiger partial charge >= 0.3 is 0 Å². The summed E-state index contributed by atoms with van der Waals surface area (Å²) in [6.07, 6.45) is 0.968. The summed E-state index contributed by atoms with van der Waals surface area (Å²) >= 11 is 1.32. The van der Waals surface area contributed by atoms with Crippen molar-refractivity contribution in [1.82, 2.24) is 14.8 Å². The third kappa shape index (κ3) is 4.49. The number of phenolic OH excluding ortho intramolecular Hbond substituents is 1. The second kappa shape index (κ2) is 8.73. The minimum atomic E-state index is -0.0981. The Morgan fingerprint density at radius 2 is 1.85 bits per heavy atom. The molecular formula is C20H22N4O2S. The largest absolute Gasteiger partial charge is 0.507 e. The second-order valence-electron chi connectivity index (χ2n) is 5.95. The highest BCUT2D eigenvalue weighted by Gasteiger charge is 2.16. The van der Waals surface area contributed by atoms with Crippen LogP contribution < -0.4 is 5.32 Å². The number of aryl methyl sites for hydroxylation is 1. The van der Waals surface area contributed by atoms with Crippen LogP contribution in [0.15, 0.2) is 53.7 Å². The van der Waals surface area contributed by atoms with Gasteiger partial charge in [0, 0.05) is 12.2 Å². The van der Waals surface area contributed by atoms with E-state index in [2.05, 4.69) is 22.4 Å². The molecule has 1 aromatic heterocycles. The quantitative estimate of drug-likeness (QED) is 0.605. The number of hydrogen-bond acceptors (Lipinski definition) is 5. The maximum Gasteiger partial charge on any atom is 0.234 e. The average Bonchev–Trinajstić information content (AvgIpc) is 3.10. The Bertz CT molecular complexity index is 922. The van der Waals surface area contributed by atoms with Gasteiger partial charge in [0.2, 0.25) is 5.91 Å². The molecule has 0 fully saturated rings. The zero-order chi connectivity index (χ0) is 19.2. The number of nitrogens with zero attached hydrogens (tertiary/aromatic N) is 3. The smallest absolute Gasteiger partial charge is 0.234 e. The first-order valence-corrected chi connectivity index (χ1v) is 9.84. The fourth-order valence-electron chi connectivity index (χ4n) is 2.69. The number of carbonyl (C=O) groups is 1. The van der Waals surface area contributed by atoms with E-state index in [-0.39, 0.29) is 17.4 Å². The van der Waals surface area contributed by atoms with Crippen LogP contribution in [-0.2, 0) is 17.8 Å². The summed E-state index contributed by atoms with van der Waals surface area (Å²) in [5.41, 5.74) is 2.64. The number of phenols is 1. The van der Waals surface area contributed by atoms with E-state index in [9.17, 15) is 9.90 Å². The van der Waals surface area contributed by atoms with E-state index in [4.69, 9.17) is 0 Å². The van der Waals surface area contributed by atoms with Gasteiger partial charge in [-0.2, -0.15) is 0 Å². The van der Waals surface area contributed by atoms with Gasteiger partial charge in [0.15, 0.2) is 11.0 Å². The van der Waals surface area contributed by atoms with Gasteiger partial charge in [-0.05, 0) is 43.2 Å². The number of anilines is 1. The number of benzene rings is 2. The molecule has 0 aliphatic carbocycles. The minimum Gasteiger partial charge on any atom is -0.507 e. The number of nitrogens with one attached hydrogen (secondary N) is 1. The zero-order valence-electron chi connectivity index (χ0n) is 15.3. The first kappa shape index (κ1) is 19.0. The number of aromatic hydroxyl groups is 1. The standard InChI is InChI=1S/C20H22N4O2S/c1-3-14-9-11-15(12-10-14)21-18(26)13-27-20-23-22-19(24(20)4-2)16-7-5-6-8-17(16)25/h5-12,25H,3-4,13H2,1-2H3,(H,21,26). The van der Waals surface area contributed by atoms with Gasteiger partial charge in [-0.15, -0.1) is 10.2 Å². The van der Waals surface area contributed by atoms with Crippen LogP contribution in [0.2, 0.25) is 0 Å². The Labute approximate surface area is 162 Å². The van der Waals surface area contributed by atoms with Gasteiger partial charge in [0.1, 0.15) is 5.75 Å². The van der Waals surface area contributed by atoms with Crippen molar-refractivity contribution in [2.45, 2.75) is 32.0 Å². The number of aromatic nitrogens is 3. The first-order chi connectivity index (χ1) is 13.1. The Balaban J connectivity index is 1.67. The van der Waals surface area contributed by atoms with Crippen molar-refractivity contribution >= 4 is 23.4 Å². The number of hydrogen-bond donors (Lipinski definition) is 2. The monoisotopic (exact) mass is 382 g/mol. The van der Waals surface area contributed by atoms with E-state index in [0.717, 1.165) is 12.1 Å². The molecular weight excluding hydrogens is 360 g/mol. The SMILES string of the molecule is CCc1ccc(NC(=O)CSc2nnc(-c3ccccc3O)n2CC)cc1. The number of amides is 1. The predicted molar refractivity (Wildman–Crippen MR) is 108 cm³/mol. The van der Waals surface area contributed by atoms with Crippen molar-refractivity contribution in [3.8, 4) is 17.1 Å². The third-order valence-corrected chi connectivity index (χ3v) is 5.12. The summed E-state index contributed by atoms with van der Waals surface area (Å²) in [7, 11) is 0. The van der Waals surface area contributed by atoms with Crippen LogP contribution >= 0.6 is 11.8 Å². The summed E-state index contributed by atoms with van der Waals surface area (Å²) in [5.74, 6) is 0.881. The van der Waals surface area contributed by atoms with Gasteiger partial charge in [0.25, 0.3) is 0 Å². The molecule has 0 atom stereocenters. The Morgan fingerprint density at radius 1 is 1.11 bits per heavy atom. The van der Waals surface area contributed by atoms with E-state index >= 15 is 0 Å². The lowest BCUT2D eigenvalue weighted by atomic mass is 10.1. The summed E-state index contributed by atoms with van der Waals surface area (Å²) in [4.78, 5) is 12.2. The van der Waals surface area contributed by atoms with E-state index in [0.29, 0.717) is 23.1 Å². The molecule has 0 aliphatic heterocycles. The second-order valence-corrected chi connectivity index (χ2v) is 6.90. The molecule has 6 nitrogen and oxygen atoms in total. The van der Waals surface area contributed by atoms with E-state index < -0.39 is 0 Å². The Morgan fingerprint density at radius 3 is 2.52 bits per heavy atom. The maximum atomic E-state index is 12.2. The molecule has 2 N–H and O–H groups in total. The minimum absolute atomic E-state index is 0.0981. The summed E-state index contributed by atoms with van der Waals surface area (Å²) < 4.78 is 1.89. The average molecular weight is 382 g/mol. The summed E-state index contributed by atoms with van der Waals surface area (Å²) in [6, 6.07) is 14.9. The predicted octanol–water partition coefficient (Wildman–Crippen LogP) is 3.96. The molecule has 1 heterocycles. The molecule has 0 spiro atoms. The van der Waals surface area contributed by atoms with Crippen LogP contribution in [0.3, 0.4) is 0 Å². The highest BCUT2D eigenvalue weighted by molar-refractivity contribution is 7.99. The molecule has 0 saturated carbocycles. The van der Waals surface area contributed by atoms with Crippen LogP contribution in [-0.4, -0.2) is 31.5 Å². The number of carbonyl (C=O) groups excluding carboxylic acids is 1. The molecule has 1 amide bonds. The van der Waals surface area contributed by atoms with Crippen molar-refractivity contribution in [2.75, 3.05) is 11.1 Å². The van der Waals surface area contributed by atoms with Crippen LogP contribution in [0, 0.1) is 0 Å². The van der Waals surface area contributed by atoms with Crippen molar-refractivity contribution in [2.24, 2.45) is 0 Å². The topological polar surface area (TPSA) is 80.0 Å². The van der Waals surface area contributed by atoms with Crippen molar-refractivity contribution < 1.29 is 9.90 Å². The lowest BCUT2D eigenvalue weighted by molar-refractivity contribution is -0.113. The molecule has 3 rings (SSSR count). The van der Waals surface area contributed by atoms with E-state index in [1.165, 1.54) is 17.3 Å². The molecule has 0 radical (unpaired) electrons. The molecule has 0 saturated heterocycles. The van der Waals surface area contributed by atoms with Crippen LogP contribution in [0.1, 0.15) is 19.4 Å². The van der Waals surface area contributed by atoms with Crippen LogP contribution in [0.5, 0.6) is 5.75 Å². The number of para-hydroxylation sites is 1. The molecule has 27 heavy (non-hydrogen) atoms. The van der Waals surface area contributed by atoms with Crippen LogP contribution in [0.4, 0.5) is 5.69 Å². The van der Waals surface area contributed by atoms with Crippen molar-refractivity contribution in [3.63, 3.8) is 0 Å². The fourth-order valence-corrected chi connectivity index (χ4v) is 3.50. The third-order valence-electron chi connectivity index (χ3n) is 4.16. The molecule has 0 bridgehead atoms. The molecule has 140 valence electrons.